The molecule has 1 atom stereocenters. The summed E-state index contributed by atoms with van der Waals surface area (Å²) < 4.78 is 0. The van der Waals surface area contributed by atoms with Crippen molar-refractivity contribution < 1.29 is 4.79 Å². The molecule has 0 bridgehead atoms. The zero-order chi connectivity index (χ0) is 15.0. The molecule has 21 heavy (non-hydrogen) atoms. The fourth-order valence-corrected chi connectivity index (χ4v) is 4.03. The van der Waals surface area contributed by atoms with E-state index in [2.05, 4.69) is 0 Å². The van der Waals surface area contributed by atoms with Gasteiger partial charge in [0.15, 0.2) is 0 Å². The summed E-state index contributed by atoms with van der Waals surface area (Å²) in [6, 6.07) is 13.5. The van der Waals surface area contributed by atoms with E-state index >= 15 is 0 Å². The number of rotatable bonds is 2. The highest BCUT2D eigenvalue weighted by Crippen LogP contribution is 2.45. The lowest BCUT2D eigenvalue weighted by Crippen LogP contribution is -2.27. The Kier molecular flexibility index (Phi) is 4.16. The van der Waals surface area contributed by atoms with Crippen molar-refractivity contribution in [2.45, 2.75) is 12.3 Å². The minimum Gasteiger partial charge on any atom is -0.295 e. The summed E-state index contributed by atoms with van der Waals surface area (Å²) in [7, 11) is 0. The molecule has 2 aromatic carbocycles. The third kappa shape index (κ3) is 2.78. The molecule has 1 saturated heterocycles. The van der Waals surface area contributed by atoms with Crippen LogP contribution in [0.1, 0.15) is 16.5 Å². The number of thioether (sulfide) groups is 1. The van der Waals surface area contributed by atoms with E-state index in [4.69, 9.17) is 23.2 Å². The first kappa shape index (κ1) is 14.8. The van der Waals surface area contributed by atoms with E-state index in [1.54, 1.807) is 22.7 Å². The summed E-state index contributed by atoms with van der Waals surface area (Å²) in [6.45, 7) is 2.02. The molecule has 3 rings (SSSR count). The van der Waals surface area contributed by atoms with E-state index in [1.807, 2.05) is 43.3 Å². The Labute approximate surface area is 138 Å². The Bertz CT molecular complexity index is 687. The van der Waals surface area contributed by atoms with E-state index in [0.29, 0.717) is 15.8 Å². The highest BCUT2D eigenvalue weighted by molar-refractivity contribution is 8.00. The minimum absolute atomic E-state index is 0.0879. The van der Waals surface area contributed by atoms with E-state index in [1.165, 1.54) is 0 Å². The largest absolute Gasteiger partial charge is 0.295 e. The Morgan fingerprint density at radius 3 is 2.57 bits per heavy atom. The molecular weight excluding hydrogens is 325 g/mol. The van der Waals surface area contributed by atoms with Crippen LogP contribution in [0.5, 0.6) is 0 Å². The van der Waals surface area contributed by atoms with Gasteiger partial charge in [-0.2, -0.15) is 0 Å². The lowest BCUT2D eigenvalue weighted by molar-refractivity contribution is -0.115. The van der Waals surface area contributed by atoms with Crippen LogP contribution in [-0.2, 0) is 4.79 Å². The van der Waals surface area contributed by atoms with Crippen LogP contribution in [0, 0.1) is 6.92 Å². The van der Waals surface area contributed by atoms with E-state index < -0.39 is 0 Å². The maximum absolute atomic E-state index is 12.3. The van der Waals surface area contributed by atoms with Gasteiger partial charge >= 0.3 is 0 Å². The highest BCUT2D eigenvalue weighted by Gasteiger charge is 2.35. The van der Waals surface area contributed by atoms with Crippen LogP contribution >= 0.6 is 35.0 Å². The molecule has 1 fully saturated rings. The average molecular weight is 338 g/mol. The summed E-state index contributed by atoms with van der Waals surface area (Å²) in [6.07, 6.45) is 0. The third-order valence-corrected chi connectivity index (χ3v) is 5.46. The highest BCUT2D eigenvalue weighted by atomic mass is 35.5. The Morgan fingerprint density at radius 1 is 1.14 bits per heavy atom. The summed E-state index contributed by atoms with van der Waals surface area (Å²) in [5, 5.41) is 0.896. The van der Waals surface area contributed by atoms with Crippen molar-refractivity contribution >= 4 is 46.6 Å². The minimum atomic E-state index is -0.133. The van der Waals surface area contributed by atoms with Crippen LogP contribution in [0.25, 0.3) is 0 Å². The lowest BCUT2D eigenvalue weighted by Gasteiger charge is -2.25. The number of aryl methyl sites for hydroxylation is 1. The van der Waals surface area contributed by atoms with Crippen LogP contribution in [0.4, 0.5) is 5.69 Å². The van der Waals surface area contributed by atoms with Crippen LogP contribution < -0.4 is 4.90 Å². The lowest BCUT2D eigenvalue weighted by atomic mass is 10.1. The van der Waals surface area contributed by atoms with E-state index in [9.17, 15) is 4.79 Å². The number of hydrogen-bond donors (Lipinski definition) is 0. The van der Waals surface area contributed by atoms with Gasteiger partial charge in [0.05, 0.1) is 15.8 Å². The van der Waals surface area contributed by atoms with Gasteiger partial charge in [-0.3, -0.25) is 9.69 Å². The van der Waals surface area contributed by atoms with Gasteiger partial charge in [-0.1, -0.05) is 53.0 Å². The standard InChI is InChI=1S/C16H13Cl2NOS/c1-10-5-7-11(8-6-10)19-14(20)9-21-16(19)12-3-2-4-13(17)15(12)18/h2-8,16H,9H2,1H3/t16-/m0/s1. The number of carbonyl (C=O) groups excluding carboxylic acids is 1. The van der Waals surface area contributed by atoms with Crippen molar-refractivity contribution in [1.82, 2.24) is 0 Å². The number of benzene rings is 2. The fourth-order valence-electron chi connectivity index (χ4n) is 2.35. The van der Waals surface area contributed by atoms with Crippen LogP contribution in [-0.4, -0.2) is 11.7 Å². The predicted molar refractivity (Wildman–Crippen MR) is 90.3 cm³/mol. The van der Waals surface area contributed by atoms with E-state index in [-0.39, 0.29) is 11.3 Å². The molecule has 0 N–H and O–H groups in total. The van der Waals surface area contributed by atoms with Gasteiger partial charge in [0.2, 0.25) is 5.91 Å². The molecular formula is C16H13Cl2NOS. The van der Waals surface area contributed by atoms with Crippen molar-refractivity contribution in [2.75, 3.05) is 10.7 Å². The molecule has 0 spiro atoms. The van der Waals surface area contributed by atoms with Crippen molar-refractivity contribution in [3.8, 4) is 0 Å². The van der Waals surface area contributed by atoms with Crippen molar-refractivity contribution in [3.63, 3.8) is 0 Å². The van der Waals surface area contributed by atoms with E-state index in [0.717, 1.165) is 16.8 Å². The van der Waals surface area contributed by atoms with Gasteiger partial charge in [0.1, 0.15) is 5.37 Å². The molecule has 1 heterocycles. The second-order valence-corrected chi connectivity index (χ2v) is 6.76. The number of amides is 1. The molecule has 0 aliphatic carbocycles. The van der Waals surface area contributed by atoms with Crippen molar-refractivity contribution in [3.05, 3.63) is 63.6 Å². The Balaban J connectivity index is 2.03. The maximum atomic E-state index is 12.3. The van der Waals surface area contributed by atoms with Crippen molar-refractivity contribution in [2.24, 2.45) is 0 Å². The van der Waals surface area contributed by atoms with Gasteiger partial charge < -0.3 is 0 Å². The zero-order valence-electron chi connectivity index (χ0n) is 11.3. The first-order chi connectivity index (χ1) is 10.1. The number of halogens is 2. The SMILES string of the molecule is Cc1ccc(N2C(=O)CS[C@H]2c2cccc(Cl)c2Cl)cc1. The summed E-state index contributed by atoms with van der Waals surface area (Å²) in [5.74, 6) is 0.534. The van der Waals surface area contributed by atoms with Gasteiger partial charge in [-0.15, -0.1) is 11.8 Å². The quantitative estimate of drug-likeness (QED) is 0.761. The molecule has 0 radical (unpaired) electrons. The molecule has 2 aromatic rings. The average Bonchev–Trinajstić information content (AvgIpc) is 2.85. The molecule has 108 valence electrons. The number of carbonyl (C=O) groups is 1. The fraction of sp³-hybridized carbons (Fsp3) is 0.188. The van der Waals surface area contributed by atoms with Gasteiger partial charge in [0, 0.05) is 11.3 Å². The van der Waals surface area contributed by atoms with Gasteiger partial charge in [-0.05, 0) is 25.1 Å². The summed E-state index contributed by atoms with van der Waals surface area (Å²) in [4.78, 5) is 14.1. The van der Waals surface area contributed by atoms with Crippen molar-refractivity contribution in [1.29, 1.82) is 0 Å². The predicted octanol–water partition coefficient (Wildman–Crippen LogP) is 5.08. The Hall–Kier alpha value is -1.16. The van der Waals surface area contributed by atoms with Gasteiger partial charge in [0.25, 0.3) is 0 Å². The molecule has 0 saturated carbocycles. The molecule has 1 amide bonds. The number of hydrogen-bond acceptors (Lipinski definition) is 2. The first-order valence-electron chi connectivity index (χ1n) is 6.52. The topological polar surface area (TPSA) is 20.3 Å². The zero-order valence-corrected chi connectivity index (χ0v) is 13.7. The summed E-state index contributed by atoms with van der Waals surface area (Å²) in [5.41, 5.74) is 2.92. The molecule has 2 nitrogen and oxygen atoms in total. The van der Waals surface area contributed by atoms with Crippen LogP contribution in [0.2, 0.25) is 10.0 Å². The number of anilines is 1. The maximum Gasteiger partial charge on any atom is 0.238 e. The second-order valence-electron chi connectivity index (χ2n) is 4.91. The first-order valence-corrected chi connectivity index (χ1v) is 8.32. The third-order valence-electron chi connectivity index (χ3n) is 3.43. The molecule has 0 aromatic heterocycles. The molecule has 1 aliphatic rings. The monoisotopic (exact) mass is 337 g/mol. The molecule has 0 unspecified atom stereocenters. The number of nitrogens with zero attached hydrogens (tertiary/aromatic N) is 1. The summed E-state index contributed by atoms with van der Waals surface area (Å²) >= 11 is 14.0. The molecule has 1 aliphatic heterocycles. The smallest absolute Gasteiger partial charge is 0.238 e. The van der Waals surface area contributed by atoms with Crippen LogP contribution in [0.3, 0.4) is 0 Å². The molecule has 5 heteroatoms. The normalized spacial score (nSPS) is 18.3. The Morgan fingerprint density at radius 2 is 1.86 bits per heavy atom. The van der Waals surface area contributed by atoms with Crippen LogP contribution in [0.15, 0.2) is 42.5 Å². The second kappa shape index (κ2) is 5.91. The van der Waals surface area contributed by atoms with Gasteiger partial charge in [-0.25, -0.2) is 0 Å².